The normalized spacial score (nSPS) is 10.3. The molecular formula is C20H22Cl2N2O4. The van der Waals surface area contributed by atoms with Gasteiger partial charge in [-0.1, -0.05) is 23.2 Å². The lowest BCUT2D eigenvalue weighted by Gasteiger charge is -2.11. The smallest absolute Gasteiger partial charge is 0.224 e. The summed E-state index contributed by atoms with van der Waals surface area (Å²) in [5, 5.41) is 6.55. The molecule has 0 atom stereocenters. The number of nitrogens with one attached hydrogen (secondary N) is 2. The summed E-state index contributed by atoms with van der Waals surface area (Å²) < 4.78 is 10.4. The first-order valence-corrected chi connectivity index (χ1v) is 9.45. The molecule has 2 N–H and O–H groups in total. The van der Waals surface area contributed by atoms with Gasteiger partial charge in [-0.15, -0.1) is 0 Å². The lowest BCUT2D eigenvalue weighted by atomic mass is 10.1. The van der Waals surface area contributed by atoms with Crippen LogP contribution in [0.4, 0.5) is 11.4 Å². The fraction of sp³-hybridized carbons (Fsp3) is 0.300. The third-order valence-electron chi connectivity index (χ3n) is 3.93. The third kappa shape index (κ3) is 6.62. The highest BCUT2D eigenvalue weighted by Crippen LogP contribution is 2.29. The van der Waals surface area contributed by atoms with Gasteiger partial charge in [0.15, 0.2) is 0 Å². The van der Waals surface area contributed by atoms with Gasteiger partial charge in [-0.05, 0) is 49.2 Å². The fourth-order valence-electron chi connectivity index (χ4n) is 2.55. The molecule has 0 bridgehead atoms. The molecule has 0 aliphatic carbocycles. The SMILES string of the molecule is COc1ccc(Cl)cc1NC(=O)CCCCC(=O)Nc1cc(Cl)ccc1OC. The molecule has 0 radical (unpaired) electrons. The van der Waals surface area contributed by atoms with Crippen molar-refractivity contribution in [3.63, 3.8) is 0 Å². The van der Waals surface area contributed by atoms with Gasteiger partial charge in [0.1, 0.15) is 11.5 Å². The number of anilines is 2. The molecule has 0 spiro atoms. The zero-order valence-electron chi connectivity index (χ0n) is 15.7. The highest BCUT2D eigenvalue weighted by Gasteiger charge is 2.11. The van der Waals surface area contributed by atoms with Crippen molar-refractivity contribution in [2.45, 2.75) is 25.7 Å². The molecule has 6 nitrogen and oxygen atoms in total. The van der Waals surface area contributed by atoms with Gasteiger partial charge in [0.2, 0.25) is 11.8 Å². The second-order valence-corrected chi connectivity index (χ2v) is 6.87. The van der Waals surface area contributed by atoms with E-state index >= 15 is 0 Å². The van der Waals surface area contributed by atoms with E-state index in [0.717, 1.165) is 0 Å². The van der Waals surface area contributed by atoms with E-state index < -0.39 is 0 Å². The molecule has 0 saturated heterocycles. The van der Waals surface area contributed by atoms with E-state index in [1.54, 1.807) is 36.4 Å². The Bertz CT molecular complexity index is 773. The maximum absolute atomic E-state index is 12.1. The van der Waals surface area contributed by atoms with Crippen LogP contribution in [0.1, 0.15) is 25.7 Å². The lowest BCUT2D eigenvalue weighted by Crippen LogP contribution is -2.14. The van der Waals surface area contributed by atoms with Gasteiger partial charge in [-0.25, -0.2) is 0 Å². The van der Waals surface area contributed by atoms with Gasteiger partial charge < -0.3 is 20.1 Å². The number of rotatable bonds is 9. The number of ether oxygens (including phenoxy) is 2. The van der Waals surface area contributed by atoms with Crippen LogP contribution < -0.4 is 20.1 Å². The number of carbonyl (C=O) groups excluding carboxylic acids is 2. The molecule has 2 amide bonds. The Hall–Kier alpha value is -2.44. The maximum atomic E-state index is 12.1. The van der Waals surface area contributed by atoms with Crippen molar-refractivity contribution in [1.29, 1.82) is 0 Å². The van der Waals surface area contributed by atoms with Gasteiger partial charge >= 0.3 is 0 Å². The zero-order chi connectivity index (χ0) is 20.5. The zero-order valence-corrected chi connectivity index (χ0v) is 17.2. The highest BCUT2D eigenvalue weighted by molar-refractivity contribution is 6.31. The molecular weight excluding hydrogens is 403 g/mol. The Morgan fingerprint density at radius 3 is 1.54 bits per heavy atom. The molecule has 0 aliphatic rings. The predicted octanol–water partition coefficient (Wildman–Crippen LogP) is 5.15. The van der Waals surface area contributed by atoms with Crippen LogP contribution in [-0.4, -0.2) is 26.0 Å². The molecule has 8 heteroatoms. The molecule has 0 aromatic heterocycles. The molecule has 0 aliphatic heterocycles. The van der Waals surface area contributed by atoms with Crippen LogP contribution in [-0.2, 0) is 9.59 Å². The Kier molecular flexibility index (Phi) is 8.42. The van der Waals surface area contributed by atoms with Gasteiger partial charge in [-0.2, -0.15) is 0 Å². The predicted molar refractivity (Wildman–Crippen MR) is 112 cm³/mol. The molecule has 2 aromatic carbocycles. The van der Waals surface area contributed by atoms with Crippen LogP contribution >= 0.6 is 23.2 Å². The molecule has 2 aromatic rings. The monoisotopic (exact) mass is 424 g/mol. The van der Waals surface area contributed by atoms with E-state index in [-0.39, 0.29) is 24.7 Å². The number of hydrogen-bond donors (Lipinski definition) is 2. The van der Waals surface area contributed by atoms with Gasteiger partial charge in [-0.3, -0.25) is 9.59 Å². The molecule has 0 fully saturated rings. The maximum Gasteiger partial charge on any atom is 0.224 e. The van der Waals surface area contributed by atoms with Gasteiger partial charge in [0, 0.05) is 22.9 Å². The van der Waals surface area contributed by atoms with Crippen molar-refractivity contribution in [3.8, 4) is 11.5 Å². The van der Waals surface area contributed by atoms with Crippen LogP contribution in [0, 0.1) is 0 Å². The quantitative estimate of drug-likeness (QED) is 0.545. The van der Waals surface area contributed by atoms with Crippen molar-refractivity contribution >= 4 is 46.4 Å². The summed E-state index contributed by atoms with van der Waals surface area (Å²) in [6.07, 6.45) is 1.69. The third-order valence-corrected chi connectivity index (χ3v) is 4.40. The van der Waals surface area contributed by atoms with Gasteiger partial charge in [0.25, 0.3) is 0 Å². The van der Waals surface area contributed by atoms with Crippen LogP contribution in [0.25, 0.3) is 0 Å². The number of methoxy groups -OCH3 is 2. The Balaban J connectivity index is 1.77. The number of hydrogen-bond acceptors (Lipinski definition) is 4. The molecule has 150 valence electrons. The lowest BCUT2D eigenvalue weighted by molar-refractivity contribution is -0.118. The van der Waals surface area contributed by atoms with Crippen molar-refractivity contribution in [1.82, 2.24) is 0 Å². The Labute approximate surface area is 174 Å². The van der Waals surface area contributed by atoms with E-state index in [9.17, 15) is 9.59 Å². The van der Waals surface area contributed by atoms with E-state index in [2.05, 4.69) is 10.6 Å². The summed E-state index contributed by atoms with van der Waals surface area (Å²) in [6, 6.07) is 10.0. The van der Waals surface area contributed by atoms with Crippen molar-refractivity contribution in [3.05, 3.63) is 46.4 Å². The molecule has 0 heterocycles. The van der Waals surface area contributed by atoms with E-state index in [1.165, 1.54) is 14.2 Å². The minimum absolute atomic E-state index is 0.169. The van der Waals surface area contributed by atoms with Crippen molar-refractivity contribution < 1.29 is 19.1 Å². The van der Waals surface area contributed by atoms with E-state index in [4.69, 9.17) is 32.7 Å². The Morgan fingerprint density at radius 2 is 1.18 bits per heavy atom. The largest absolute Gasteiger partial charge is 0.495 e. The Morgan fingerprint density at radius 1 is 0.786 bits per heavy atom. The van der Waals surface area contributed by atoms with E-state index in [1.807, 2.05) is 0 Å². The topological polar surface area (TPSA) is 76.7 Å². The highest BCUT2D eigenvalue weighted by atomic mass is 35.5. The van der Waals surface area contributed by atoms with Crippen LogP contribution in [0.15, 0.2) is 36.4 Å². The number of halogens is 2. The van der Waals surface area contributed by atoms with Crippen LogP contribution in [0.5, 0.6) is 11.5 Å². The average Bonchev–Trinajstić information content (AvgIpc) is 2.65. The summed E-state index contributed by atoms with van der Waals surface area (Å²) in [7, 11) is 3.04. The first kappa shape index (κ1) is 21.9. The fourth-order valence-corrected chi connectivity index (χ4v) is 2.90. The number of carbonyl (C=O) groups is 2. The minimum Gasteiger partial charge on any atom is -0.495 e. The first-order valence-electron chi connectivity index (χ1n) is 8.69. The van der Waals surface area contributed by atoms with Crippen LogP contribution in [0.2, 0.25) is 10.0 Å². The molecule has 28 heavy (non-hydrogen) atoms. The number of unbranched alkanes of at least 4 members (excludes halogenated alkanes) is 1. The number of benzene rings is 2. The minimum atomic E-state index is -0.169. The van der Waals surface area contributed by atoms with Crippen molar-refractivity contribution in [2.75, 3.05) is 24.9 Å². The van der Waals surface area contributed by atoms with Gasteiger partial charge in [0.05, 0.1) is 25.6 Å². The molecule has 0 saturated carbocycles. The standard InChI is InChI=1S/C20H22Cl2N2O4/c1-27-17-9-7-13(21)11-15(17)23-19(25)5-3-4-6-20(26)24-16-12-14(22)8-10-18(16)28-2/h7-12H,3-6H2,1-2H3,(H,23,25)(H,24,26). The van der Waals surface area contributed by atoms with E-state index in [0.29, 0.717) is 45.8 Å². The summed E-state index contributed by atoms with van der Waals surface area (Å²) in [5.74, 6) is 0.732. The van der Waals surface area contributed by atoms with Crippen LogP contribution in [0.3, 0.4) is 0 Å². The average molecular weight is 425 g/mol. The molecule has 0 unspecified atom stereocenters. The summed E-state index contributed by atoms with van der Waals surface area (Å²) in [5.41, 5.74) is 1.04. The second kappa shape index (κ2) is 10.8. The first-order chi connectivity index (χ1) is 13.4. The van der Waals surface area contributed by atoms with Crippen molar-refractivity contribution in [2.24, 2.45) is 0 Å². The second-order valence-electron chi connectivity index (χ2n) is 5.99. The summed E-state index contributed by atoms with van der Waals surface area (Å²) in [4.78, 5) is 24.2. The number of amides is 2. The molecule has 2 rings (SSSR count). The summed E-state index contributed by atoms with van der Waals surface area (Å²) >= 11 is 11.9. The summed E-state index contributed by atoms with van der Waals surface area (Å²) in [6.45, 7) is 0.